The van der Waals surface area contributed by atoms with Gasteiger partial charge in [0.2, 0.25) is 0 Å². The smallest absolute Gasteiger partial charge is 0.319 e. The third kappa shape index (κ3) is 7.56. The Morgan fingerprint density at radius 1 is 1.04 bits per heavy atom. The van der Waals surface area contributed by atoms with E-state index in [1.807, 2.05) is 68.4 Å². The van der Waals surface area contributed by atoms with Crippen LogP contribution in [-0.4, -0.2) is 25.3 Å². The Kier molecular flexibility index (Phi) is 7.55. The van der Waals surface area contributed by atoms with Crippen LogP contribution in [0.5, 0.6) is 0 Å². The first-order valence-electron chi connectivity index (χ1n) is 8.47. The number of hydrogen-bond acceptors (Lipinski definition) is 2. The van der Waals surface area contributed by atoms with E-state index in [2.05, 4.69) is 22.5 Å². The lowest BCUT2D eigenvalue weighted by molar-refractivity contribution is 0.0775. The van der Waals surface area contributed by atoms with Gasteiger partial charge in [-0.25, -0.2) is 4.79 Å². The molecule has 2 rings (SSSR count). The second-order valence-corrected chi connectivity index (χ2v) is 5.85. The molecule has 0 bridgehead atoms. The predicted molar refractivity (Wildman–Crippen MR) is 102 cm³/mol. The molecule has 2 aromatic rings. The van der Waals surface area contributed by atoms with Gasteiger partial charge >= 0.3 is 6.03 Å². The molecular weight excluding hydrogens is 312 g/mol. The fourth-order valence-electron chi connectivity index (χ4n) is 2.11. The molecule has 2 amide bonds. The van der Waals surface area contributed by atoms with Crippen molar-refractivity contribution in [2.45, 2.75) is 26.4 Å². The minimum Gasteiger partial charge on any atom is -0.379 e. The molecule has 0 fully saturated rings. The van der Waals surface area contributed by atoms with E-state index in [0.717, 1.165) is 23.2 Å². The van der Waals surface area contributed by atoms with Crippen molar-refractivity contribution in [3.8, 4) is 11.8 Å². The summed E-state index contributed by atoms with van der Waals surface area (Å²) in [7, 11) is 0. The van der Waals surface area contributed by atoms with E-state index >= 15 is 0 Å². The van der Waals surface area contributed by atoms with Crippen molar-refractivity contribution in [3.05, 3.63) is 65.7 Å². The second kappa shape index (κ2) is 10.2. The number of rotatable bonds is 6. The van der Waals surface area contributed by atoms with Gasteiger partial charge in [-0.2, -0.15) is 0 Å². The highest BCUT2D eigenvalue weighted by atomic mass is 16.5. The highest BCUT2D eigenvalue weighted by molar-refractivity contribution is 5.89. The van der Waals surface area contributed by atoms with Gasteiger partial charge in [-0.05, 0) is 50.6 Å². The van der Waals surface area contributed by atoms with Crippen LogP contribution >= 0.6 is 0 Å². The summed E-state index contributed by atoms with van der Waals surface area (Å²) in [6.07, 6.45) is 1.00. The number of benzene rings is 2. The number of urea groups is 1. The maximum absolute atomic E-state index is 11.9. The van der Waals surface area contributed by atoms with Gasteiger partial charge in [0.25, 0.3) is 0 Å². The van der Waals surface area contributed by atoms with Crippen molar-refractivity contribution in [1.82, 2.24) is 5.32 Å². The molecule has 2 N–H and O–H groups in total. The van der Waals surface area contributed by atoms with Gasteiger partial charge in [-0.3, -0.25) is 0 Å². The lowest BCUT2D eigenvalue weighted by Gasteiger charge is -2.09. The Labute approximate surface area is 149 Å². The average molecular weight is 336 g/mol. The normalized spacial score (nSPS) is 10.0. The number of carbonyl (C=O) groups is 1. The van der Waals surface area contributed by atoms with E-state index in [-0.39, 0.29) is 12.1 Å². The molecule has 0 spiro atoms. The van der Waals surface area contributed by atoms with Crippen LogP contribution in [0.4, 0.5) is 10.5 Å². The molecule has 130 valence electrons. The van der Waals surface area contributed by atoms with Crippen molar-refractivity contribution in [2.75, 3.05) is 18.5 Å². The van der Waals surface area contributed by atoms with Gasteiger partial charge in [0, 0.05) is 30.0 Å². The molecule has 0 aromatic heterocycles. The molecule has 25 heavy (non-hydrogen) atoms. The summed E-state index contributed by atoms with van der Waals surface area (Å²) in [4.78, 5) is 11.9. The quantitative estimate of drug-likeness (QED) is 0.618. The molecule has 2 aromatic carbocycles. The zero-order chi connectivity index (χ0) is 17.9. The van der Waals surface area contributed by atoms with Crippen molar-refractivity contribution in [3.63, 3.8) is 0 Å². The summed E-state index contributed by atoms with van der Waals surface area (Å²) in [5.41, 5.74) is 2.53. The Bertz CT molecular complexity index is 730. The van der Waals surface area contributed by atoms with Crippen LogP contribution in [0.2, 0.25) is 0 Å². The molecule has 0 radical (unpaired) electrons. The van der Waals surface area contributed by atoms with E-state index in [4.69, 9.17) is 4.74 Å². The molecule has 0 atom stereocenters. The molecular formula is C21H24N2O2. The van der Waals surface area contributed by atoms with Crippen molar-refractivity contribution in [1.29, 1.82) is 0 Å². The van der Waals surface area contributed by atoms with Gasteiger partial charge in [0.05, 0.1) is 6.10 Å². The first-order valence-corrected chi connectivity index (χ1v) is 8.47. The predicted octanol–water partition coefficient (Wildman–Crippen LogP) is 4.02. The van der Waals surface area contributed by atoms with Gasteiger partial charge in [-0.15, -0.1) is 0 Å². The molecule has 0 heterocycles. The van der Waals surface area contributed by atoms with Gasteiger partial charge < -0.3 is 15.4 Å². The summed E-state index contributed by atoms with van der Waals surface area (Å²) in [6.45, 7) is 5.20. The maximum atomic E-state index is 11.9. The summed E-state index contributed by atoms with van der Waals surface area (Å²) in [6, 6.07) is 17.1. The van der Waals surface area contributed by atoms with Gasteiger partial charge in [-0.1, -0.05) is 36.1 Å². The molecule has 0 aliphatic carbocycles. The largest absolute Gasteiger partial charge is 0.379 e. The van der Waals surface area contributed by atoms with E-state index in [9.17, 15) is 4.79 Å². The first-order chi connectivity index (χ1) is 12.1. The Morgan fingerprint density at radius 2 is 1.76 bits per heavy atom. The highest BCUT2D eigenvalue weighted by Gasteiger charge is 2.01. The minimum absolute atomic E-state index is 0.216. The monoisotopic (exact) mass is 336 g/mol. The topological polar surface area (TPSA) is 50.4 Å². The molecule has 0 saturated carbocycles. The molecule has 0 aliphatic heterocycles. The van der Waals surface area contributed by atoms with Crippen LogP contribution < -0.4 is 10.6 Å². The minimum atomic E-state index is -0.224. The number of ether oxygens (including phenoxy) is 1. The van der Waals surface area contributed by atoms with Gasteiger partial charge in [0.1, 0.15) is 0 Å². The Balaban J connectivity index is 1.83. The Morgan fingerprint density at radius 3 is 2.52 bits per heavy atom. The van der Waals surface area contributed by atoms with E-state index < -0.39 is 0 Å². The number of carbonyl (C=O) groups excluding carboxylic acids is 1. The van der Waals surface area contributed by atoms with Crippen molar-refractivity contribution < 1.29 is 9.53 Å². The third-order valence-electron chi connectivity index (χ3n) is 3.30. The molecule has 0 aliphatic rings. The number of anilines is 1. The lowest BCUT2D eigenvalue weighted by atomic mass is 10.1. The first kappa shape index (κ1) is 18.6. The van der Waals surface area contributed by atoms with Crippen LogP contribution in [0, 0.1) is 11.8 Å². The van der Waals surface area contributed by atoms with Gasteiger partial charge in [0.15, 0.2) is 0 Å². The fraction of sp³-hybridized carbons (Fsp3) is 0.286. The van der Waals surface area contributed by atoms with Crippen LogP contribution in [0.3, 0.4) is 0 Å². The average Bonchev–Trinajstić information content (AvgIpc) is 2.60. The van der Waals surface area contributed by atoms with Crippen LogP contribution in [0.1, 0.15) is 31.4 Å². The van der Waals surface area contributed by atoms with Crippen LogP contribution in [0.25, 0.3) is 0 Å². The van der Waals surface area contributed by atoms with Crippen molar-refractivity contribution in [2.24, 2.45) is 0 Å². The third-order valence-corrected chi connectivity index (χ3v) is 3.30. The Hall–Kier alpha value is -2.77. The molecule has 4 heteroatoms. The summed E-state index contributed by atoms with van der Waals surface area (Å²) in [5.74, 6) is 6.21. The lowest BCUT2D eigenvalue weighted by Crippen LogP contribution is -2.30. The van der Waals surface area contributed by atoms with Crippen LogP contribution in [0.15, 0.2) is 54.6 Å². The van der Waals surface area contributed by atoms with E-state index in [1.54, 1.807) is 0 Å². The summed E-state index contributed by atoms with van der Waals surface area (Å²) < 4.78 is 5.43. The zero-order valence-electron chi connectivity index (χ0n) is 14.7. The molecule has 0 unspecified atom stereocenters. The number of hydrogen-bond donors (Lipinski definition) is 2. The maximum Gasteiger partial charge on any atom is 0.319 e. The SMILES string of the molecule is CC(C)OCCCNC(=O)Nc1cccc(C#Cc2ccccc2)c1. The fourth-order valence-corrected chi connectivity index (χ4v) is 2.11. The number of nitrogens with one attached hydrogen (secondary N) is 2. The highest BCUT2D eigenvalue weighted by Crippen LogP contribution is 2.10. The molecule has 4 nitrogen and oxygen atoms in total. The second-order valence-electron chi connectivity index (χ2n) is 5.85. The summed E-state index contributed by atoms with van der Waals surface area (Å²) >= 11 is 0. The van der Waals surface area contributed by atoms with Crippen LogP contribution in [-0.2, 0) is 4.74 Å². The standard InChI is InChI=1S/C21H24N2O2/c1-17(2)25-15-7-14-22-21(24)23-20-11-6-10-19(16-20)13-12-18-8-4-3-5-9-18/h3-6,8-11,16-17H,7,14-15H2,1-2H3,(H2,22,23,24). The number of amides is 2. The van der Waals surface area contributed by atoms with E-state index in [0.29, 0.717) is 13.2 Å². The summed E-state index contributed by atoms with van der Waals surface area (Å²) in [5, 5.41) is 5.64. The zero-order valence-corrected chi connectivity index (χ0v) is 14.7. The van der Waals surface area contributed by atoms with Crippen molar-refractivity contribution >= 4 is 11.7 Å². The molecule has 0 saturated heterocycles. The van der Waals surface area contributed by atoms with E-state index in [1.165, 1.54) is 0 Å².